The van der Waals surface area contributed by atoms with Gasteiger partial charge in [0.1, 0.15) is 0 Å². The molecule has 8 heteroatoms. The first-order valence-corrected chi connectivity index (χ1v) is 9.48. The van der Waals surface area contributed by atoms with Crippen LogP contribution in [0.15, 0.2) is 54.7 Å². The number of anilines is 2. The van der Waals surface area contributed by atoms with E-state index in [-0.39, 0.29) is 5.91 Å². The average Bonchev–Trinajstić information content (AvgIpc) is 3.32. The van der Waals surface area contributed by atoms with Crippen LogP contribution in [0.25, 0.3) is 11.6 Å². The van der Waals surface area contributed by atoms with Crippen molar-refractivity contribution in [3.05, 3.63) is 82.1 Å². The van der Waals surface area contributed by atoms with Crippen LogP contribution in [0.3, 0.4) is 0 Å². The van der Waals surface area contributed by atoms with Crippen molar-refractivity contribution < 1.29 is 14.4 Å². The zero-order chi connectivity index (χ0) is 21.3. The fourth-order valence-electron chi connectivity index (χ4n) is 3.13. The summed E-state index contributed by atoms with van der Waals surface area (Å²) in [7, 11) is 0. The van der Waals surface area contributed by atoms with E-state index >= 15 is 0 Å². The van der Waals surface area contributed by atoms with Crippen molar-refractivity contribution in [1.82, 2.24) is 10.3 Å². The summed E-state index contributed by atoms with van der Waals surface area (Å²) in [5, 5.41) is 8.19. The smallest absolute Gasteiger partial charge is 0.326 e. The second kappa shape index (κ2) is 7.88. The molecule has 4 rings (SSSR count). The number of hydrogen-bond acceptors (Lipinski definition) is 3. The maximum absolute atomic E-state index is 12.3. The lowest BCUT2D eigenvalue weighted by Crippen LogP contribution is -2.34. The van der Waals surface area contributed by atoms with Crippen LogP contribution in [-0.2, 0) is 4.79 Å². The van der Waals surface area contributed by atoms with Crippen LogP contribution >= 0.6 is 11.6 Å². The molecule has 0 saturated heterocycles. The maximum Gasteiger partial charge on any atom is 0.326 e. The first-order chi connectivity index (χ1) is 14.4. The van der Waals surface area contributed by atoms with Gasteiger partial charge in [0, 0.05) is 33.7 Å². The van der Waals surface area contributed by atoms with Gasteiger partial charge in [-0.2, -0.15) is 0 Å². The Kier molecular flexibility index (Phi) is 5.12. The van der Waals surface area contributed by atoms with E-state index in [0.717, 1.165) is 16.8 Å². The number of hydrogen-bond donors (Lipinski definition) is 4. The molecular formula is C22H17ClN4O3. The zero-order valence-electron chi connectivity index (χ0n) is 15.9. The van der Waals surface area contributed by atoms with Crippen molar-refractivity contribution in [1.29, 1.82) is 0 Å². The summed E-state index contributed by atoms with van der Waals surface area (Å²) in [6.07, 6.45) is 3.53. The van der Waals surface area contributed by atoms with E-state index < -0.39 is 11.9 Å². The molecule has 4 N–H and O–H groups in total. The summed E-state index contributed by atoms with van der Waals surface area (Å²) in [5.41, 5.74) is 4.15. The van der Waals surface area contributed by atoms with Gasteiger partial charge < -0.3 is 15.6 Å². The third kappa shape index (κ3) is 3.97. The summed E-state index contributed by atoms with van der Waals surface area (Å²) in [6, 6.07) is 12.8. The quantitative estimate of drug-likeness (QED) is 0.471. The minimum atomic E-state index is -0.681. The molecule has 150 valence electrons. The third-order valence-electron chi connectivity index (χ3n) is 4.63. The molecule has 0 bridgehead atoms. The molecule has 7 nitrogen and oxygen atoms in total. The number of benzene rings is 2. The van der Waals surface area contributed by atoms with E-state index in [2.05, 4.69) is 20.9 Å². The van der Waals surface area contributed by atoms with Crippen LogP contribution in [0.4, 0.5) is 16.2 Å². The van der Waals surface area contributed by atoms with Gasteiger partial charge in [0.15, 0.2) is 0 Å². The number of carbonyl (C=O) groups is 3. The molecule has 1 aromatic heterocycles. The number of aromatic nitrogens is 1. The third-order valence-corrected chi connectivity index (χ3v) is 5.05. The number of fused-ring (bicyclic) bond motifs is 1. The molecular weight excluding hydrogens is 404 g/mol. The molecule has 2 heterocycles. The van der Waals surface area contributed by atoms with E-state index in [4.69, 9.17) is 11.6 Å². The number of amides is 4. The summed E-state index contributed by atoms with van der Waals surface area (Å²) in [5.74, 6) is -0.771. The Morgan fingerprint density at radius 1 is 1.10 bits per heavy atom. The van der Waals surface area contributed by atoms with Gasteiger partial charge in [0.05, 0.1) is 11.3 Å². The van der Waals surface area contributed by atoms with Crippen LogP contribution in [0.1, 0.15) is 27.2 Å². The molecule has 4 amide bonds. The second-order valence-electron chi connectivity index (χ2n) is 6.77. The number of nitrogens with one attached hydrogen (secondary N) is 4. The molecule has 3 aromatic rings. The normalized spacial score (nSPS) is 13.7. The maximum atomic E-state index is 12.3. The Morgan fingerprint density at radius 3 is 2.67 bits per heavy atom. The van der Waals surface area contributed by atoms with Gasteiger partial charge in [-0.05, 0) is 61.0 Å². The summed E-state index contributed by atoms with van der Waals surface area (Å²) in [4.78, 5) is 39.8. The Hall–Kier alpha value is -3.84. The van der Waals surface area contributed by atoms with Crippen LogP contribution in [0.2, 0.25) is 5.02 Å². The Labute approximate surface area is 177 Å². The molecule has 2 aromatic carbocycles. The largest absolute Gasteiger partial charge is 0.362 e. The van der Waals surface area contributed by atoms with Crippen molar-refractivity contribution in [2.75, 3.05) is 10.6 Å². The molecule has 0 radical (unpaired) electrons. The Balaban J connectivity index is 1.46. The highest BCUT2D eigenvalue weighted by Crippen LogP contribution is 2.34. The van der Waals surface area contributed by atoms with Crippen molar-refractivity contribution in [3.8, 4) is 0 Å². The van der Waals surface area contributed by atoms with Gasteiger partial charge >= 0.3 is 6.03 Å². The second-order valence-corrected chi connectivity index (χ2v) is 7.18. The average molecular weight is 421 g/mol. The topological polar surface area (TPSA) is 103 Å². The number of H-pyrrole nitrogens is 1. The minimum absolute atomic E-state index is 0.227. The van der Waals surface area contributed by atoms with Gasteiger partial charge in [-0.3, -0.25) is 14.9 Å². The fourth-order valence-corrected chi connectivity index (χ4v) is 3.25. The number of halogens is 1. The number of rotatable bonds is 3. The predicted molar refractivity (Wildman–Crippen MR) is 116 cm³/mol. The zero-order valence-corrected chi connectivity index (χ0v) is 16.6. The first kappa shape index (κ1) is 19.5. The predicted octanol–water partition coefficient (Wildman–Crippen LogP) is 4.43. The minimum Gasteiger partial charge on any atom is -0.362 e. The summed E-state index contributed by atoms with van der Waals surface area (Å²) >= 11 is 5.96. The van der Waals surface area contributed by atoms with E-state index in [9.17, 15) is 14.4 Å². The van der Waals surface area contributed by atoms with Crippen molar-refractivity contribution in [2.45, 2.75) is 6.92 Å². The van der Waals surface area contributed by atoms with Gasteiger partial charge in [0.25, 0.3) is 11.8 Å². The summed E-state index contributed by atoms with van der Waals surface area (Å²) < 4.78 is 0. The molecule has 0 atom stereocenters. The van der Waals surface area contributed by atoms with E-state index in [1.807, 2.05) is 12.1 Å². The number of imide groups is 1. The molecule has 1 aliphatic heterocycles. The molecule has 0 spiro atoms. The van der Waals surface area contributed by atoms with E-state index in [1.54, 1.807) is 55.6 Å². The lowest BCUT2D eigenvalue weighted by atomic mass is 10.1. The van der Waals surface area contributed by atoms with Gasteiger partial charge in [-0.1, -0.05) is 17.7 Å². The van der Waals surface area contributed by atoms with E-state index in [1.165, 1.54) is 0 Å². The van der Waals surface area contributed by atoms with E-state index in [0.29, 0.717) is 27.5 Å². The Morgan fingerprint density at radius 2 is 1.93 bits per heavy atom. The van der Waals surface area contributed by atoms with Gasteiger partial charge in [0.2, 0.25) is 0 Å². The SMILES string of the molecule is Cc1cc(C(=O)NC(=O)Nc2ccc3c(c2)NC(=O)/C3=C\c2ccc[nH]2)ccc1Cl. The molecule has 0 unspecified atom stereocenters. The number of urea groups is 1. The lowest BCUT2D eigenvalue weighted by molar-refractivity contribution is -0.110. The molecule has 1 aliphatic rings. The number of aromatic amines is 1. The highest BCUT2D eigenvalue weighted by molar-refractivity contribution is 6.35. The highest BCUT2D eigenvalue weighted by Gasteiger charge is 2.24. The van der Waals surface area contributed by atoms with Gasteiger partial charge in [-0.15, -0.1) is 0 Å². The highest BCUT2D eigenvalue weighted by atomic mass is 35.5. The van der Waals surface area contributed by atoms with Crippen molar-refractivity contribution in [3.63, 3.8) is 0 Å². The van der Waals surface area contributed by atoms with Crippen molar-refractivity contribution >= 4 is 52.5 Å². The number of carbonyl (C=O) groups excluding carboxylic acids is 3. The summed E-state index contributed by atoms with van der Waals surface area (Å²) in [6.45, 7) is 1.77. The first-order valence-electron chi connectivity index (χ1n) is 9.10. The van der Waals surface area contributed by atoms with Crippen LogP contribution < -0.4 is 16.0 Å². The van der Waals surface area contributed by atoms with Crippen LogP contribution in [-0.4, -0.2) is 22.8 Å². The molecule has 0 aliphatic carbocycles. The van der Waals surface area contributed by atoms with Gasteiger partial charge in [-0.25, -0.2) is 4.79 Å². The Bertz CT molecular complexity index is 1200. The monoisotopic (exact) mass is 420 g/mol. The fraction of sp³-hybridized carbons (Fsp3) is 0.0455. The standard InChI is InChI=1S/C22H17ClN4O3/c1-12-9-13(4-7-18(12)23)20(28)27-22(30)25-15-5-6-16-17(10-14-3-2-8-24-14)21(29)26-19(16)11-15/h2-11,24H,1H3,(H,26,29)(H2,25,27,28,30)/b17-10-. The van der Waals surface area contributed by atoms with Crippen LogP contribution in [0, 0.1) is 6.92 Å². The lowest BCUT2D eigenvalue weighted by Gasteiger charge is -2.09. The van der Waals surface area contributed by atoms with Crippen LogP contribution in [0.5, 0.6) is 0 Å². The molecule has 0 fully saturated rings. The molecule has 0 saturated carbocycles. The molecule has 30 heavy (non-hydrogen) atoms. The number of aryl methyl sites for hydroxylation is 1. The van der Waals surface area contributed by atoms with Crippen molar-refractivity contribution in [2.24, 2.45) is 0 Å².